The van der Waals surface area contributed by atoms with Crippen molar-refractivity contribution in [3.8, 4) is 0 Å². The van der Waals surface area contributed by atoms with Crippen LogP contribution in [0.25, 0.3) is 0 Å². The van der Waals surface area contributed by atoms with Gasteiger partial charge in [0.2, 0.25) is 0 Å². The molecule has 0 aromatic heterocycles. The fourth-order valence-electron chi connectivity index (χ4n) is 8.38. The van der Waals surface area contributed by atoms with Gasteiger partial charge in [-0.25, -0.2) is 0 Å². The van der Waals surface area contributed by atoms with Crippen molar-refractivity contribution in [1.29, 1.82) is 0 Å². The third kappa shape index (κ3) is 11.0. The maximum absolute atomic E-state index is 15.1. The van der Waals surface area contributed by atoms with Crippen LogP contribution >= 0.6 is 10.7 Å². The molecule has 0 aliphatic carbocycles. The minimum absolute atomic E-state index is 0.391. The van der Waals surface area contributed by atoms with Crippen molar-refractivity contribution in [1.82, 2.24) is 0 Å². The van der Waals surface area contributed by atoms with E-state index in [0.29, 0.717) is 31.8 Å². The molecule has 0 fully saturated rings. The summed E-state index contributed by atoms with van der Waals surface area (Å²) >= 11 is -1.71. The van der Waals surface area contributed by atoms with Crippen LogP contribution in [-0.4, -0.2) is 71.6 Å². The molecule has 81 heavy (non-hydrogen) atoms. The van der Waals surface area contributed by atoms with E-state index in [2.05, 4.69) is 0 Å². The van der Waals surface area contributed by atoms with E-state index in [0.717, 1.165) is 24.3 Å². The van der Waals surface area contributed by atoms with Gasteiger partial charge in [0, 0.05) is 0 Å². The second kappa shape index (κ2) is 22.2. The molecular formula is C52H38F26P2Pt. The van der Waals surface area contributed by atoms with Crippen molar-refractivity contribution < 1.29 is 132 Å². The molecule has 0 heterocycles. The zero-order valence-corrected chi connectivity index (χ0v) is 44.4. The van der Waals surface area contributed by atoms with Crippen molar-refractivity contribution in [2.24, 2.45) is 0 Å². The normalized spacial score (nSPS) is 15.0. The predicted octanol–water partition coefficient (Wildman–Crippen LogP) is 15.7. The average Bonchev–Trinajstić information content (AvgIpc) is 3.55. The molecule has 0 N–H and O–H groups in total. The molecule has 29 heteroatoms. The Morgan fingerprint density at radius 1 is 0.235 bits per heavy atom. The van der Waals surface area contributed by atoms with Crippen LogP contribution in [-0.2, 0) is 30.4 Å². The minimum atomic E-state index is -8.09. The van der Waals surface area contributed by atoms with E-state index in [4.69, 9.17) is 0 Å². The van der Waals surface area contributed by atoms with Gasteiger partial charge < -0.3 is 0 Å². The van der Waals surface area contributed by atoms with Crippen LogP contribution in [0.4, 0.5) is 114 Å². The quantitative estimate of drug-likeness (QED) is 0.0469. The van der Waals surface area contributed by atoms with Crippen molar-refractivity contribution >= 4 is 42.5 Å². The summed E-state index contributed by atoms with van der Waals surface area (Å²) in [6, 6.07) is 43.2. The molecule has 6 aromatic carbocycles. The molecule has 0 saturated heterocycles. The standard InChI is InChI=1S/2C26H18F13P.Pt/c2*27-21(28,22(29,30)23(31,32)24(33,34)25(35,36)26(37,38)39)16-15-17-11-13-20(14-12-17)40(18-7-3-1-4-8-18)19-9-5-2-6-10-19;/h2*1-14H,15-16H2;/q;;-2/p+2. The Labute approximate surface area is 451 Å². The maximum atomic E-state index is 15.1. The van der Waals surface area contributed by atoms with Crippen LogP contribution in [0, 0.1) is 0 Å². The number of rotatable bonds is 22. The van der Waals surface area contributed by atoms with Crippen LogP contribution in [0.3, 0.4) is 0 Å². The Balaban J connectivity index is 1.47. The molecule has 0 atom stereocenters. The van der Waals surface area contributed by atoms with Crippen molar-refractivity contribution in [2.45, 2.75) is 97.3 Å². The molecule has 448 valence electrons. The second-order valence-electron chi connectivity index (χ2n) is 18.2. The SMILES string of the molecule is FC(F)(F)C(F)(F)C(F)(F)C(F)(F)C(F)(F)C(F)(F)CCc1ccc([PH]([Pt][PH](c2ccccc2)(c2ccccc2)c2ccc(CCC(F)(F)C(F)(F)C(F)(F)C(F)(F)C(F)(F)C(F)(F)F)cc2)(c2ccccc2)c2ccccc2)cc1. The molecule has 0 amide bonds. The zero-order valence-electron chi connectivity index (χ0n) is 40.1. The first-order valence-electron chi connectivity index (χ1n) is 22.9. The van der Waals surface area contributed by atoms with E-state index in [1.165, 1.54) is 24.3 Å². The fourth-order valence-corrected chi connectivity index (χ4v) is 53.8. The predicted molar refractivity (Wildman–Crippen MR) is 251 cm³/mol. The van der Waals surface area contributed by atoms with Gasteiger partial charge in [0.25, 0.3) is 0 Å². The van der Waals surface area contributed by atoms with E-state index in [1.54, 1.807) is 121 Å². The molecular weight excluding hydrogens is 1380 g/mol. The first-order valence-corrected chi connectivity index (χ1v) is 33.4. The molecule has 0 aliphatic rings. The summed E-state index contributed by atoms with van der Waals surface area (Å²) in [7, 11) is 0. The van der Waals surface area contributed by atoms with Crippen molar-refractivity contribution in [2.75, 3.05) is 0 Å². The molecule has 0 radical (unpaired) electrons. The Morgan fingerprint density at radius 3 is 0.642 bits per heavy atom. The van der Waals surface area contributed by atoms with Gasteiger partial charge in [0.1, 0.15) is 0 Å². The summed E-state index contributed by atoms with van der Waals surface area (Å²) in [6.45, 7) is 0. The number of hydrogen-bond acceptors (Lipinski definition) is 0. The second-order valence-corrected chi connectivity index (χ2v) is 40.0. The molecule has 0 unspecified atom stereocenters. The van der Waals surface area contributed by atoms with Gasteiger partial charge in [0.15, 0.2) is 0 Å². The zero-order chi connectivity index (χ0) is 61.0. The third-order valence-corrected chi connectivity index (χ3v) is 48.6. The van der Waals surface area contributed by atoms with E-state index in [9.17, 15) is 96.6 Å². The van der Waals surface area contributed by atoms with Gasteiger partial charge in [-0.15, -0.1) is 0 Å². The Morgan fingerprint density at radius 2 is 0.432 bits per heavy atom. The van der Waals surface area contributed by atoms with Gasteiger partial charge in [-0.1, -0.05) is 0 Å². The summed E-state index contributed by atoms with van der Waals surface area (Å²) in [5, 5.41) is -4.30. The van der Waals surface area contributed by atoms with Crippen LogP contribution in [0.15, 0.2) is 170 Å². The molecule has 0 saturated carbocycles. The molecule has 0 bridgehead atoms. The Hall–Kier alpha value is -4.95. The number of aryl methyl sites for hydroxylation is 2. The van der Waals surface area contributed by atoms with Crippen LogP contribution in [0.2, 0.25) is 0 Å². The Bertz CT molecular complexity index is 2760. The first kappa shape index (κ1) is 65.2. The van der Waals surface area contributed by atoms with E-state index >= 15 is 17.6 Å². The van der Waals surface area contributed by atoms with Crippen LogP contribution in [0.1, 0.15) is 24.0 Å². The number of benzene rings is 6. The number of alkyl halides is 26. The van der Waals surface area contributed by atoms with Gasteiger partial charge in [0.05, 0.1) is 0 Å². The van der Waals surface area contributed by atoms with E-state index < -0.39 is 137 Å². The van der Waals surface area contributed by atoms with Crippen LogP contribution in [0.5, 0.6) is 0 Å². The summed E-state index contributed by atoms with van der Waals surface area (Å²) in [5.41, 5.74) is -0.782. The van der Waals surface area contributed by atoms with E-state index in [-0.39, 0.29) is 0 Å². The van der Waals surface area contributed by atoms with Gasteiger partial charge in [-0.05, 0) is 0 Å². The van der Waals surface area contributed by atoms with E-state index in [1.807, 2.05) is 0 Å². The number of halogens is 26. The molecule has 0 nitrogen and oxygen atoms in total. The van der Waals surface area contributed by atoms with Crippen LogP contribution < -0.4 is 31.8 Å². The van der Waals surface area contributed by atoms with Gasteiger partial charge in [-0.2, -0.15) is 26.3 Å². The summed E-state index contributed by atoms with van der Waals surface area (Å²) < 4.78 is 363. The monoisotopic (exact) mass is 1410 g/mol. The van der Waals surface area contributed by atoms with Gasteiger partial charge >= 0.3 is 426 Å². The topological polar surface area (TPSA) is 0 Å². The average molecular weight is 1410 g/mol. The molecule has 6 rings (SSSR count). The Kier molecular flexibility index (Phi) is 17.9. The third-order valence-electron chi connectivity index (χ3n) is 13.0. The first-order chi connectivity index (χ1) is 37.0. The number of hydrogen-bond donors (Lipinski definition) is 0. The molecule has 0 aliphatic heterocycles. The van der Waals surface area contributed by atoms with Crippen molar-refractivity contribution in [3.63, 3.8) is 0 Å². The summed E-state index contributed by atoms with van der Waals surface area (Å²) in [6.07, 6.45) is -23.0. The van der Waals surface area contributed by atoms with Gasteiger partial charge in [-0.3, -0.25) is 0 Å². The summed E-state index contributed by atoms with van der Waals surface area (Å²) in [4.78, 5) is 0. The molecule has 6 aromatic rings. The molecule has 0 spiro atoms. The van der Waals surface area contributed by atoms with Crippen molar-refractivity contribution in [3.05, 3.63) is 181 Å². The summed E-state index contributed by atoms with van der Waals surface area (Å²) in [5.74, 6) is -75.8. The fraction of sp³-hybridized carbons (Fsp3) is 0.308.